The monoisotopic (exact) mass is 378 g/mol. The number of rotatable bonds is 5. The molecule has 0 unspecified atom stereocenters. The van der Waals surface area contributed by atoms with Gasteiger partial charge >= 0.3 is 0 Å². The van der Waals surface area contributed by atoms with Gasteiger partial charge in [-0.25, -0.2) is 4.98 Å². The van der Waals surface area contributed by atoms with Crippen LogP contribution in [-0.2, 0) is 6.54 Å². The summed E-state index contributed by atoms with van der Waals surface area (Å²) in [6.45, 7) is 0.627. The third kappa shape index (κ3) is 3.47. The highest BCUT2D eigenvalue weighted by molar-refractivity contribution is 6.31. The lowest BCUT2D eigenvalue weighted by Crippen LogP contribution is -1.99. The number of nitrogens with zero attached hydrogens (tertiary/aromatic N) is 3. The van der Waals surface area contributed by atoms with Crippen LogP contribution in [0.25, 0.3) is 16.7 Å². The number of allylic oxidation sites excluding steroid dienone is 1. The van der Waals surface area contributed by atoms with Gasteiger partial charge in [0.25, 0.3) is 0 Å². The van der Waals surface area contributed by atoms with E-state index in [0.717, 1.165) is 22.5 Å². The predicted molar refractivity (Wildman–Crippen MR) is 104 cm³/mol. The van der Waals surface area contributed by atoms with E-state index in [0.29, 0.717) is 17.1 Å². The van der Waals surface area contributed by atoms with Gasteiger partial charge in [-0.3, -0.25) is 9.89 Å². The smallest absolute Gasteiger partial charge is 0.226 e. The molecule has 0 aliphatic rings. The van der Waals surface area contributed by atoms with Crippen LogP contribution in [0.5, 0.6) is 0 Å². The Morgan fingerprint density at radius 3 is 2.78 bits per heavy atom. The van der Waals surface area contributed by atoms with Crippen molar-refractivity contribution in [3.05, 3.63) is 89.1 Å². The summed E-state index contributed by atoms with van der Waals surface area (Å²) in [4.78, 5) is 16.0. The van der Waals surface area contributed by atoms with Crippen molar-refractivity contribution < 1.29 is 9.90 Å². The van der Waals surface area contributed by atoms with Crippen molar-refractivity contribution in [3.63, 3.8) is 0 Å². The molecule has 0 aliphatic carbocycles. The number of hydrogen-bond donors (Lipinski definition) is 2. The molecule has 0 saturated carbocycles. The zero-order valence-electron chi connectivity index (χ0n) is 14.1. The summed E-state index contributed by atoms with van der Waals surface area (Å²) in [5.74, 6) is -0.556. The third-order valence-electron chi connectivity index (χ3n) is 4.23. The van der Waals surface area contributed by atoms with Crippen LogP contribution in [0.3, 0.4) is 0 Å². The maximum absolute atomic E-state index is 12.2. The zero-order chi connectivity index (χ0) is 18.8. The average molecular weight is 379 g/mol. The SMILES string of the molecule is O=C(C=C(O)c1cn(Cc2ccccc2)c2ccc(Cl)cc12)c1ncn[nH]1. The molecule has 4 rings (SSSR count). The van der Waals surface area contributed by atoms with Crippen molar-refractivity contribution in [1.82, 2.24) is 19.7 Å². The fourth-order valence-electron chi connectivity index (χ4n) is 2.98. The lowest BCUT2D eigenvalue weighted by atomic mass is 10.1. The third-order valence-corrected chi connectivity index (χ3v) is 4.47. The molecule has 0 fully saturated rings. The Balaban J connectivity index is 1.78. The number of halogens is 1. The minimum atomic E-state index is -0.462. The number of benzene rings is 2. The molecule has 0 amide bonds. The van der Waals surface area contributed by atoms with Gasteiger partial charge < -0.3 is 9.67 Å². The topological polar surface area (TPSA) is 83.8 Å². The average Bonchev–Trinajstić information content (AvgIpc) is 3.31. The Hall–Kier alpha value is -3.38. The standard InChI is InChI=1S/C20H15ClN4O2/c21-14-6-7-17-15(8-14)16(11-25(17)10-13-4-2-1-3-5-13)18(26)9-19(27)20-22-12-23-24-20/h1-9,11-12,26H,10H2,(H,22,23,24). The molecule has 134 valence electrons. The van der Waals surface area contributed by atoms with Crippen LogP contribution < -0.4 is 0 Å². The summed E-state index contributed by atoms with van der Waals surface area (Å²) in [5, 5.41) is 18.0. The van der Waals surface area contributed by atoms with E-state index in [9.17, 15) is 9.90 Å². The van der Waals surface area contributed by atoms with E-state index < -0.39 is 5.78 Å². The quantitative estimate of drug-likeness (QED) is 0.309. The number of nitrogens with one attached hydrogen (secondary N) is 1. The number of carbonyl (C=O) groups is 1. The predicted octanol–water partition coefficient (Wildman–Crippen LogP) is 4.24. The van der Waals surface area contributed by atoms with Crippen LogP contribution in [0.15, 0.2) is 67.1 Å². The van der Waals surface area contributed by atoms with Crippen LogP contribution in [-0.4, -0.2) is 30.6 Å². The van der Waals surface area contributed by atoms with Crippen molar-refractivity contribution in [1.29, 1.82) is 0 Å². The van der Waals surface area contributed by atoms with Gasteiger partial charge in [0.1, 0.15) is 12.1 Å². The molecule has 0 bridgehead atoms. The maximum atomic E-state index is 12.2. The van der Waals surface area contributed by atoms with Gasteiger partial charge in [-0.05, 0) is 23.8 Å². The first kappa shape index (κ1) is 17.1. The minimum Gasteiger partial charge on any atom is -0.507 e. The number of H-pyrrole nitrogens is 1. The summed E-state index contributed by atoms with van der Waals surface area (Å²) >= 11 is 6.15. The molecule has 0 aliphatic heterocycles. The molecule has 0 spiro atoms. The first-order chi connectivity index (χ1) is 13.1. The number of aliphatic hydroxyl groups excluding tert-OH is 1. The number of fused-ring (bicyclic) bond motifs is 1. The largest absolute Gasteiger partial charge is 0.507 e. The second kappa shape index (κ2) is 7.09. The second-order valence-corrected chi connectivity index (χ2v) is 6.48. The van der Waals surface area contributed by atoms with Gasteiger partial charge in [0.15, 0.2) is 5.82 Å². The fraction of sp³-hybridized carbons (Fsp3) is 0.0500. The normalized spacial score (nSPS) is 11.8. The molecule has 2 heterocycles. The van der Waals surface area contributed by atoms with E-state index in [4.69, 9.17) is 11.6 Å². The van der Waals surface area contributed by atoms with Gasteiger partial charge in [0.05, 0.1) is 0 Å². The minimum absolute atomic E-state index is 0.0626. The maximum Gasteiger partial charge on any atom is 0.226 e. The Morgan fingerprint density at radius 2 is 2.04 bits per heavy atom. The highest BCUT2D eigenvalue weighted by atomic mass is 35.5. The molecule has 4 aromatic rings. The number of aromatic nitrogens is 4. The molecule has 27 heavy (non-hydrogen) atoms. The number of ketones is 1. The molecule has 0 atom stereocenters. The van der Waals surface area contributed by atoms with Crippen molar-refractivity contribution in [2.45, 2.75) is 6.54 Å². The van der Waals surface area contributed by atoms with Gasteiger partial charge in [0, 0.05) is 40.3 Å². The van der Waals surface area contributed by atoms with E-state index in [1.807, 2.05) is 47.2 Å². The Bertz CT molecular complexity index is 1130. The van der Waals surface area contributed by atoms with E-state index in [-0.39, 0.29) is 11.6 Å². The molecule has 2 aromatic carbocycles. The summed E-state index contributed by atoms with van der Waals surface area (Å²) in [6, 6.07) is 15.5. The fourth-order valence-corrected chi connectivity index (χ4v) is 3.15. The molecule has 2 aromatic heterocycles. The summed E-state index contributed by atoms with van der Waals surface area (Å²) < 4.78 is 2.01. The van der Waals surface area contributed by atoms with Crippen LogP contribution in [0.4, 0.5) is 0 Å². The van der Waals surface area contributed by atoms with E-state index >= 15 is 0 Å². The molecule has 2 N–H and O–H groups in total. The van der Waals surface area contributed by atoms with Crippen LogP contribution in [0.2, 0.25) is 5.02 Å². The van der Waals surface area contributed by atoms with Gasteiger partial charge in [-0.15, -0.1) is 0 Å². The molecule has 7 heteroatoms. The first-order valence-corrected chi connectivity index (χ1v) is 8.62. The molecular weight excluding hydrogens is 364 g/mol. The number of hydrogen-bond acceptors (Lipinski definition) is 4. The number of aromatic amines is 1. The van der Waals surface area contributed by atoms with Gasteiger partial charge in [-0.1, -0.05) is 41.9 Å². The van der Waals surface area contributed by atoms with Crippen LogP contribution in [0.1, 0.15) is 21.7 Å². The first-order valence-electron chi connectivity index (χ1n) is 8.25. The van der Waals surface area contributed by atoms with Crippen molar-refractivity contribution >= 4 is 34.0 Å². The summed E-state index contributed by atoms with van der Waals surface area (Å²) in [5.41, 5.74) is 2.55. The second-order valence-electron chi connectivity index (χ2n) is 6.05. The Kier molecular flexibility index (Phi) is 4.48. The van der Waals surface area contributed by atoms with Crippen molar-refractivity contribution in [3.8, 4) is 0 Å². The van der Waals surface area contributed by atoms with Crippen molar-refractivity contribution in [2.24, 2.45) is 0 Å². The molecule has 6 nitrogen and oxygen atoms in total. The number of carbonyl (C=O) groups excluding carboxylic acids is 1. The van der Waals surface area contributed by atoms with Crippen LogP contribution >= 0.6 is 11.6 Å². The highest BCUT2D eigenvalue weighted by Crippen LogP contribution is 2.29. The van der Waals surface area contributed by atoms with E-state index in [1.54, 1.807) is 12.1 Å². The number of aliphatic hydroxyl groups is 1. The lowest BCUT2D eigenvalue weighted by Gasteiger charge is -2.05. The highest BCUT2D eigenvalue weighted by Gasteiger charge is 2.15. The van der Waals surface area contributed by atoms with Gasteiger partial charge in [0.2, 0.25) is 5.78 Å². The molecule has 0 saturated heterocycles. The Morgan fingerprint density at radius 1 is 1.22 bits per heavy atom. The van der Waals surface area contributed by atoms with Crippen LogP contribution in [0, 0.1) is 0 Å². The zero-order valence-corrected chi connectivity index (χ0v) is 14.9. The van der Waals surface area contributed by atoms with E-state index in [2.05, 4.69) is 15.2 Å². The van der Waals surface area contributed by atoms with E-state index in [1.165, 1.54) is 6.33 Å². The molecule has 0 radical (unpaired) electrons. The summed E-state index contributed by atoms with van der Waals surface area (Å²) in [6.07, 6.45) is 4.18. The van der Waals surface area contributed by atoms with Crippen molar-refractivity contribution in [2.75, 3.05) is 0 Å². The molecular formula is C20H15ClN4O2. The Labute approximate surface area is 159 Å². The lowest BCUT2D eigenvalue weighted by molar-refractivity contribution is 0.103. The summed E-state index contributed by atoms with van der Waals surface area (Å²) in [7, 11) is 0. The van der Waals surface area contributed by atoms with Gasteiger partial charge in [-0.2, -0.15) is 5.10 Å².